The molecule has 1 aromatic carbocycles. The van der Waals surface area contributed by atoms with Crippen LogP contribution in [0.4, 0.5) is 23.1 Å². The van der Waals surface area contributed by atoms with Crippen LogP contribution in [0.5, 0.6) is 0 Å². The van der Waals surface area contributed by atoms with Crippen LogP contribution in [0.25, 0.3) is 5.65 Å². The van der Waals surface area contributed by atoms with Crippen LogP contribution in [0, 0.1) is 34.0 Å². The minimum atomic E-state index is 0.234. The van der Waals surface area contributed by atoms with Crippen LogP contribution in [-0.2, 0) is 0 Å². The Labute approximate surface area is 206 Å². The van der Waals surface area contributed by atoms with E-state index in [1.54, 1.807) is 12.1 Å². The van der Waals surface area contributed by atoms with E-state index in [1.807, 2.05) is 0 Å². The largest absolute Gasteiger partial charge is 0.370 e. The second kappa shape index (κ2) is 9.63. The zero-order valence-corrected chi connectivity index (χ0v) is 19.5. The number of rotatable bonds is 7. The summed E-state index contributed by atoms with van der Waals surface area (Å²) in [5.74, 6) is 0.767. The minimum Gasteiger partial charge on any atom is -0.370 e. The molecule has 0 unspecified atom stereocenters. The zero-order valence-electron chi connectivity index (χ0n) is 18.8. The number of aromatic nitrogens is 4. The summed E-state index contributed by atoms with van der Waals surface area (Å²) in [6.45, 7) is 1.82. The lowest BCUT2D eigenvalue weighted by Crippen LogP contribution is -2.42. The van der Waals surface area contributed by atoms with Crippen molar-refractivity contribution in [3.05, 3.63) is 34.6 Å². The molecular weight excluding hydrogens is 466 g/mol. The van der Waals surface area contributed by atoms with Crippen LogP contribution in [0.1, 0.15) is 36.9 Å². The molecule has 0 spiro atoms. The summed E-state index contributed by atoms with van der Waals surface area (Å²) >= 11 is 6.82. The second-order valence-electron chi connectivity index (χ2n) is 8.59. The maximum Gasteiger partial charge on any atom is 0.247 e. The molecule has 0 amide bonds. The highest BCUT2D eigenvalue weighted by molar-refractivity contribution is 6.36. The number of nitrogens with zero attached hydrogens (tertiary/aromatic N) is 8. The number of benzene rings is 1. The molecule has 1 aliphatic heterocycles. The second-order valence-corrected chi connectivity index (χ2v) is 8.97. The Balaban J connectivity index is 1.45. The maximum absolute atomic E-state index is 9.64. The molecule has 0 atom stereocenters. The van der Waals surface area contributed by atoms with Gasteiger partial charge in [-0.15, -0.1) is 5.10 Å². The summed E-state index contributed by atoms with van der Waals surface area (Å²) in [5.41, 5.74) is 2.47. The van der Waals surface area contributed by atoms with Gasteiger partial charge in [-0.2, -0.15) is 25.3 Å². The zero-order chi connectivity index (χ0) is 24.4. The Hall–Kier alpha value is -4.11. The van der Waals surface area contributed by atoms with Gasteiger partial charge in [0.15, 0.2) is 17.2 Å². The number of hydrogen-bond donors (Lipinski definition) is 3. The van der Waals surface area contributed by atoms with E-state index in [9.17, 15) is 10.5 Å². The maximum atomic E-state index is 9.64. The highest BCUT2D eigenvalue weighted by atomic mass is 35.5. The average molecular weight is 488 g/mol. The molecule has 11 nitrogen and oxygen atoms in total. The molecule has 0 bridgehead atoms. The van der Waals surface area contributed by atoms with Crippen molar-refractivity contribution in [3.63, 3.8) is 0 Å². The van der Waals surface area contributed by atoms with Gasteiger partial charge in [-0.05, 0) is 37.8 Å². The lowest BCUT2D eigenvalue weighted by atomic mass is 10.0. The topological polar surface area (TPSA) is 154 Å². The van der Waals surface area contributed by atoms with Crippen LogP contribution in [0.2, 0.25) is 5.02 Å². The third-order valence-corrected chi connectivity index (χ3v) is 6.53. The highest BCUT2D eigenvalue weighted by Gasteiger charge is 2.25. The lowest BCUT2D eigenvalue weighted by molar-refractivity contribution is 0.432. The fourth-order valence-corrected chi connectivity index (χ4v) is 4.43. The van der Waals surface area contributed by atoms with Gasteiger partial charge >= 0.3 is 0 Å². The molecule has 3 N–H and O–H groups in total. The number of nitrogens with one attached hydrogen (secondary N) is 3. The van der Waals surface area contributed by atoms with Gasteiger partial charge in [0.1, 0.15) is 6.07 Å². The van der Waals surface area contributed by atoms with E-state index in [-0.39, 0.29) is 17.7 Å². The predicted molar refractivity (Wildman–Crippen MR) is 130 cm³/mol. The van der Waals surface area contributed by atoms with E-state index >= 15 is 0 Å². The molecule has 12 heteroatoms. The molecule has 1 aliphatic carbocycles. The molecular formula is C23H22ClN11. The SMILES string of the molecule is N#CCNC1CCN(c2cc(C#N)cc(Nc3nc(NC4CC4)c4ncc(C#N)n4n3)c2Cl)CC1. The van der Waals surface area contributed by atoms with Crippen molar-refractivity contribution < 1.29 is 0 Å². The van der Waals surface area contributed by atoms with Crippen LogP contribution in [0.3, 0.4) is 0 Å². The van der Waals surface area contributed by atoms with Gasteiger partial charge < -0.3 is 20.9 Å². The summed E-state index contributed by atoms with van der Waals surface area (Å²) in [7, 11) is 0. The van der Waals surface area contributed by atoms with Crippen molar-refractivity contribution in [2.45, 2.75) is 37.8 Å². The van der Waals surface area contributed by atoms with Crippen LogP contribution in [-0.4, -0.2) is 51.3 Å². The fraction of sp³-hybridized carbons (Fsp3) is 0.391. The third kappa shape index (κ3) is 4.76. The van der Waals surface area contributed by atoms with E-state index in [2.05, 4.69) is 54.1 Å². The Morgan fingerprint density at radius 3 is 2.54 bits per heavy atom. The lowest BCUT2D eigenvalue weighted by Gasteiger charge is -2.34. The molecule has 0 radical (unpaired) electrons. The van der Waals surface area contributed by atoms with Crippen molar-refractivity contribution >= 4 is 40.4 Å². The summed E-state index contributed by atoms with van der Waals surface area (Å²) in [5, 5.41) is 42.5. The van der Waals surface area contributed by atoms with Gasteiger partial charge in [-0.3, -0.25) is 0 Å². The monoisotopic (exact) mass is 487 g/mol. The van der Waals surface area contributed by atoms with E-state index in [0.29, 0.717) is 40.3 Å². The summed E-state index contributed by atoms with van der Waals surface area (Å²) in [6.07, 6.45) is 5.29. The van der Waals surface area contributed by atoms with E-state index in [4.69, 9.17) is 16.9 Å². The van der Waals surface area contributed by atoms with Crippen molar-refractivity contribution in [2.24, 2.45) is 0 Å². The number of fused-ring (bicyclic) bond motifs is 1. The Bertz CT molecular complexity index is 1380. The van der Waals surface area contributed by atoms with Gasteiger partial charge in [-0.25, -0.2) is 4.98 Å². The summed E-state index contributed by atoms with van der Waals surface area (Å²) in [6, 6.07) is 10.5. The highest BCUT2D eigenvalue weighted by Crippen LogP contribution is 2.37. The van der Waals surface area contributed by atoms with E-state index < -0.39 is 0 Å². The quantitative estimate of drug-likeness (QED) is 0.423. The normalized spacial score (nSPS) is 15.9. The molecule has 2 aromatic heterocycles. The van der Waals surface area contributed by atoms with Gasteiger partial charge in [-0.1, -0.05) is 11.6 Å². The number of piperidine rings is 1. The summed E-state index contributed by atoms with van der Waals surface area (Å²) < 4.78 is 1.45. The number of nitriles is 3. The third-order valence-electron chi connectivity index (χ3n) is 6.13. The van der Waals surface area contributed by atoms with Crippen molar-refractivity contribution in [2.75, 3.05) is 35.2 Å². The molecule has 2 fully saturated rings. The molecule has 2 aliphatic rings. The Morgan fingerprint density at radius 1 is 1.06 bits per heavy atom. The Morgan fingerprint density at radius 2 is 1.86 bits per heavy atom. The van der Waals surface area contributed by atoms with Crippen LogP contribution in [0.15, 0.2) is 18.3 Å². The number of anilines is 4. The van der Waals surface area contributed by atoms with Gasteiger partial charge in [0, 0.05) is 25.2 Å². The predicted octanol–water partition coefficient (Wildman–Crippen LogP) is 2.92. The van der Waals surface area contributed by atoms with Gasteiger partial charge in [0.2, 0.25) is 5.95 Å². The standard InChI is InChI=1S/C23H22ClN11/c24-20-18(9-14(11-26)10-19(20)34-7-3-15(4-8-34)28-6-5-25)31-23-32-21(30-16-1-2-16)22-29-13-17(12-27)35(22)33-23/h9-10,13,15-16,28H,1-4,6-8H2,(H2,30,31,32,33). The van der Waals surface area contributed by atoms with E-state index in [0.717, 1.165) is 44.5 Å². The molecule has 1 saturated heterocycles. The molecule has 5 rings (SSSR count). The molecule has 1 saturated carbocycles. The van der Waals surface area contributed by atoms with Crippen LogP contribution >= 0.6 is 11.6 Å². The first-order valence-electron chi connectivity index (χ1n) is 11.4. The van der Waals surface area contributed by atoms with Crippen molar-refractivity contribution in [1.82, 2.24) is 24.9 Å². The minimum absolute atomic E-state index is 0.234. The van der Waals surface area contributed by atoms with Crippen molar-refractivity contribution in [3.8, 4) is 18.2 Å². The first-order valence-corrected chi connectivity index (χ1v) is 11.8. The number of imidazole rings is 1. The molecule has 3 heterocycles. The van der Waals surface area contributed by atoms with Crippen LogP contribution < -0.4 is 20.9 Å². The Kier molecular flexibility index (Phi) is 6.24. The smallest absolute Gasteiger partial charge is 0.247 e. The first kappa shape index (κ1) is 22.7. The molecule has 35 heavy (non-hydrogen) atoms. The summed E-state index contributed by atoms with van der Waals surface area (Å²) in [4.78, 5) is 11.0. The van der Waals surface area contributed by atoms with Crippen molar-refractivity contribution in [1.29, 1.82) is 15.8 Å². The molecule has 176 valence electrons. The molecule has 3 aromatic rings. The number of hydrogen-bond acceptors (Lipinski definition) is 10. The van der Waals surface area contributed by atoms with E-state index in [1.165, 1.54) is 10.7 Å². The van der Waals surface area contributed by atoms with Gasteiger partial charge in [0.25, 0.3) is 0 Å². The van der Waals surface area contributed by atoms with Gasteiger partial charge in [0.05, 0.1) is 46.8 Å². The average Bonchev–Trinajstić information content (AvgIpc) is 3.60. The number of halogens is 1. The fourth-order valence-electron chi connectivity index (χ4n) is 4.16. The first-order chi connectivity index (χ1) is 17.1.